The third kappa shape index (κ3) is 3.33. The maximum atomic E-state index is 4.55. The molecule has 0 aliphatic carbocycles. The van der Waals surface area contributed by atoms with Crippen LogP contribution in [0.4, 0.5) is 0 Å². The van der Waals surface area contributed by atoms with Crippen molar-refractivity contribution in [3.05, 3.63) is 51.5 Å². The Morgan fingerprint density at radius 3 is 3.00 bits per heavy atom. The second-order valence-electron chi connectivity index (χ2n) is 5.48. The van der Waals surface area contributed by atoms with E-state index < -0.39 is 0 Å². The fourth-order valence-electron chi connectivity index (χ4n) is 2.88. The molecule has 2 unspecified atom stereocenters. The van der Waals surface area contributed by atoms with Gasteiger partial charge in [-0.1, -0.05) is 19.9 Å². The van der Waals surface area contributed by atoms with E-state index in [-0.39, 0.29) is 0 Å². The van der Waals surface area contributed by atoms with Gasteiger partial charge in [0.1, 0.15) is 0 Å². The summed E-state index contributed by atoms with van der Waals surface area (Å²) in [5.41, 5.74) is 2.73. The predicted molar refractivity (Wildman–Crippen MR) is 93.3 cm³/mol. The summed E-state index contributed by atoms with van der Waals surface area (Å²) in [7, 11) is 0. The third-order valence-corrected chi connectivity index (χ3v) is 6.36. The summed E-state index contributed by atoms with van der Waals surface area (Å²) < 4.78 is 0. The van der Waals surface area contributed by atoms with Crippen molar-refractivity contribution in [1.82, 2.24) is 10.3 Å². The van der Waals surface area contributed by atoms with Gasteiger partial charge in [-0.25, -0.2) is 0 Å². The molecule has 112 valence electrons. The number of pyridine rings is 1. The van der Waals surface area contributed by atoms with Gasteiger partial charge < -0.3 is 5.32 Å². The summed E-state index contributed by atoms with van der Waals surface area (Å²) in [5.74, 6) is 2.84. The Hall–Kier alpha value is -0.840. The molecule has 2 aromatic rings. The van der Waals surface area contributed by atoms with Gasteiger partial charge in [0.05, 0.1) is 0 Å². The van der Waals surface area contributed by atoms with Gasteiger partial charge in [0, 0.05) is 39.4 Å². The maximum Gasteiger partial charge on any atom is 0.0497 e. The minimum atomic E-state index is 0.366. The van der Waals surface area contributed by atoms with E-state index in [0.29, 0.717) is 12.0 Å². The molecule has 2 atom stereocenters. The molecule has 0 radical (unpaired) electrons. The zero-order valence-electron chi connectivity index (χ0n) is 12.6. The topological polar surface area (TPSA) is 24.9 Å². The Kier molecular flexibility index (Phi) is 4.99. The predicted octanol–water partition coefficient (Wildman–Crippen LogP) is 4.39. The lowest BCUT2D eigenvalue weighted by molar-refractivity contribution is 0.479. The summed E-state index contributed by atoms with van der Waals surface area (Å²) in [6.45, 7) is 5.45. The molecule has 0 saturated heterocycles. The van der Waals surface area contributed by atoms with Crippen molar-refractivity contribution in [3.63, 3.8) is 0 Å². The van der Waals surface area contributed by atoms with Crippen LogP contribution in [0, 0.1) is 0 Å². The van der Waals surface area contributed by atoms with Gasteiger partial charge in [0.2, 0.25) is 0 Å². The van der Waals surface area contributed by atoms with Crippen LogP contribution in [0.25, 0.3) is 0 Å². The number of nitrogens with one attached hydrogen (secondary N) is 1. The number of fused-ring (bicyclic) bond motifs is 1. The minimum absolute atomic E-state index is 0.366. The van der Waals surface area contributed by atoms with E-state index in [0.717, 1.165) is 6.54 Å². The molecule has 1 aliphatic heterocycles. The smallest absolute Gasteiger partial charge is 0.0497 e. The lowest BCUT2D eigenvalue weighted by Crippen LogP contribution is -2.25. The third-order valence-electron chi connectivity index (χ3n) is 4.03. The van der Waals surface area contributed by atoms with Crippen molar-refractivity contribution in [2.75, 3.05) is 12.3 Å². The number of thiophene rings is 1. The highest BCUT2D eigenvalue weighted by atomic mass is 32.2. The van der Waals surface area contributed by atoms with E-state index in [2.05, 4.69) is 54.1 Å². The first kappa shape index (κ1) is 15.1. The second kappa shape index (κ2) is 6.95. The molecule has 2 aromatic heterocycles. The molecule has 0 amide bonds. The molecule has 0 fully saturated rings. The van der Waals surface area contributed by atoms with Crippen LogP contribution in [0.5, 0.6) is 0 Å². The Morgan fingerprint density at radius 2 is 2.29 bits per heavy atom. The molecule has 0 bridgehead atoms. The van der Waals surface area contributed by atoms with E-state index in [1.807, 2.05) is 23.6 Å². The number of nitrogens with zero attached hydrogens (tertiary/aromatic N) is 1. The van der Waals surface area contributed by atoms with E-state index in [1.54, 1.807) is 10.4 Å². The van der Waals surface area contributed by atoms with Gasteiger partial charge in [0.25, 0.3) is 0 Å². The van der Waals surface area contributed by atoms with Crippen molar-refractivity contribution in [2.45, 2.75) is 38.0 Å². The Morgan fingerprint density at radius 1 is 1.38 bits per heavy atom. The lowest BCUT2D eigenvalue weighted by Gasteiger charge is -2.23. The summed E-state index contributed by atoms with van der Waals surface area (Å²) in [4.78, 5) is 7.62. The quantitative estimate of drug-likeness (QED) is 0.885. The molecule has 1 N–H and O–H groups in total. The summed E-state index contributed by atoms with van der Waals surface area (Å²) in [6, 6.07) is 9.00. The average molecular weight is 319 g/mol. The second-order valence-corrected chi connectivity index (χ2v) is 7.75. The van der Waals surface area contributed by atoms with Gasteiger partial charge in [-0.3, -0.25) is 4.98 Å². The molecule has 2 nitrogen and oxygen atoms in total. The summed E-state index contributed by atoms with van der Waals surface area (Å²) in [5, 5.41) is 3.67. The van der Waals surface area contributed by atoms with Crippen LogP contribution < -0.4 is 5.32 Å². The first-order chi connectivity index (χ1) is 10.3. The van der Waals surface area contributed by atoms with Crippen molar-refractivity contribution < 1.29 is 0 Å². The molecular weight excluding hydrogens is 296 g/mol. The van der Waals surface area contributed by atoms with E-state index in [1.165, 1.54) is 28.5 Å². The highest BCUT2D eigenvalue weighted by molar-refractivity contribution is 7.98. The monoisotopic (exact) mass is 318 g/mol. The number of thioether (sulfide) groups is 1. The first-order valence-corrected chi connectivity index (χ1v) is 9.60. The van der Waals surface area contributed by atoms with Crippen molar-refractivity contribution in [3.8, 4) is 0 Å². The van der Waals surface area contributed by atoms with Crippen LogP contribution in [0.3, 0.4) is 0 Å². The van der Waals surface area contributed by atoms with Crippen molar-refractivity contribution in [2.24, 2.45) is 0 Å². The highest BCUT2D eigenvalue weighted by Crippen LogP contribution is 2.38. The van der Waals surface area contributed by atoms with Gasteiger partial charge in [-0.2, -0.15) is 11.8 Å². The fourth-order valence-corrected chi connectivity index (χ4v) is 5.44. The normalized spacial score (nSPS) is 17.2. The molecule has 21 heavy (non-hydrogen) atoms. The minimum Gasteiger partial charge on any atom is -0.309 e. The number of hydrogen-bond acceptors (Lipinski definition) is 4. The molecule has 3 rings (SSSR count). The van der Waals surface area contributed by atoms with Crippen LogP contribution in [0.15, 0.2) is 30.5 Å². The Balaban J connectivity index is 1.88. The zero-order valence-corrected chi connectivity index (χ0v) is 14.3. The van der Waals surface area contributed by atoms with E-state index in [9.17, 15) is 0 Å². The zero-order chi connectivity index (χ0) is 14.7. The maximum absolute atomic E-state index is 4.55. The number of likely N-dealkylation sites (N-methyl/N-ethyl adjacent to an activating group) is 1. The summed E-state index contributed by atoms with van der Waals surface area (Å²) >= 11 is 4.06. The van der Waals surface area contributed by atoms with Gasteiger partial charge in [0.15, 0.2) is 0 Å². The number of rotatable bonds is 5. The molecule has 0 spiro atoms. The highest BCUT2D eigenvalue weighted by Gasteiger charge is 2.25. The van der Waals surface area contributed by atoms with Gasteiger partial charge >= 0.3 is 0 Å². The van der Waals surface area contributed by atoms with Crippen molar-refractivity contribution in [1.29, 1.82) is 0 Å². The summed E-state index contributed by atoms with van der Waals surface area (Å²) in [6.07, 6.45) is 3.13. The van der Waals surface area contributed by atoms with E-state index >= 15 is 0 Å². The fraction of sp³-hybridized carbons (Fsp3) is 0.471. The SMILES string of the molecule is CCNC(c1cc2c(s1)CCSC2)C(C)c1ccccn1. The molecule has 4 heteroatoms. The number of aryl methyl sites for hydroxylation is 1. The molecule has 0 aromatic carbocycles. The van der Waals surface area contributed by atoms with Gasteiger partial charge in [-0.05, 0) is 42.5 Å². The first-order valence-electron chi connectivity index (χ1n) is 7.63. The molecule has 1 aliphatic rings. The van der Waals surface area contributed by atoms with Crippen LogP contribution >= 0.6 is 23.1 Å². The van der Waals surface area contributed by atoms with E-state index in [4.69, 9.17) is 0 Å². The Labute approximate surface area is 135 Å². The molecule has 3 heterocycles. The van der Waals surface area contributed by atoms with Crippen LogP contribution in [-0.4, -0.2) is 17.3 Å². The molecular formula is C17H22N2S2. The number of aromatic nitrogens is 1. The average Bonchev–Trinajstić information content (AvgIpc) is 2.96. The van der Waals surface area contributed by atoms with Crippen molar-refractivity contribution >= 4 is 23.1 Å². The standard InChI is InChI=1S/C17H22N2S2/c1-3-18-17(12(2)14-6-4-5-8-19-14)16-10-13-11-20-9-7-15(13)21-16/h4-6,8,10,12,17-18H,3,7,9,11H2,1-2H3. The largest absolute Gasteiger partial charge is 0.309 e. The molecule has 0 saturated carbocycles. The Bertz CT molecular complexity index is 556. The van der Waals surface area contributed by atoms with Crippen LogP contribution in [0.1, 0.15) is 46.8 Å². The van der Waals surface area contributed by atoms with Crippen LogP contribution in [-0.2, 0) is 12.2 Å². The lowest BCUT2D eigenvalue weighted by atomic mass is 9.95. The van der Waals surface area contributed by atoms with Gasteiger partial charge in [-0.15, -0.1) is 11.3 Å². The number of hydrogen-bond donors (Lipinski definition) is 1. The van der Waals surface area contributed by atoms with Crippen LogP contribution in [0.2, 0.25) is 0 Å².